The Morgan fingerprint density at radius 3 is 2.47 bits per heavy atom. The molecule has 0 radical (unpaired) electrons. The molecule has 0 fully saturated rings. The number of halogens is 2. The van der Waals surface area contributed by atoms with Crippen molar-refractivity contribution < 1.29 is 23.0 Å². The lowest BCUT2D eigenvalue weighted by atomic mass is 10.1. The monoisotopic (exact) mass is 242 g/mol. The van der Waals surface area contributed by atoms with Gasteiger partial charge >= 0.3 is 6.61 Å². The van der Waals surface area contributed by atoms with Gasteiger partial charge < -0.3 is 15.2 Å². The minimum absolute atomic E-state index is 0.00286. The molecule has 0 aliphatic carbocycles. The lowest BCUT2D eigenvalue weighted by molar-refractivity contribution is -0.122. The van der Waals surface area contributed by atoms with Crippen molar-refractivity contribution in [2.24, 2.45) is 10.7 Å². The summed E-state index contributed by atoms with van der Waals surface area (Å²) in [4.78, 5) is 14.7. The van der Waals surface area contributed by atoms with Crippen LogP contribution in [0.15, 0.2) is 29.3 Å². The van der Waals surface area contributed by atoms with E-state index < -0.39 is 18.6 Å². The summed E-state index contributed by atoms with van der Waals surface area (Å²) in [6, 6.07) is 5.30. The first kappa shape index (κ1) is 11.3. The molecule has 0 saturated carbocycles. The highest BCUT2D eigenvalue weighted by Crippen LogP contribution is 2.25. The van der Waals surface area contributed by atoms with Gasteiger partial charge in [0.25, 0.3) is 11.9 Å². The molecule has 1 aromatic carbocycles. The summed E-state index contributed by atoms with van der Waals surface area (Å²) in [5.41, 5.74) is 5.70. The Labute approximate surface area is 94.8 Å². The van der Waals surface area contributed by atoms with E-state index in [1.54, 1.807) is 0 Å². The van der Waals surface area contributed by atoms with Gasteiger partial charge in [0.2, 0.25) is 6.10 Å². The van der Waals surface area contributed by atoms with E-state index in [0.717, 1.165) is 0 Å². The Bertz CT molecular complexity index is 459. The quantitative estimate of drug-likeness (QED) is 0.864. The molecule has 1 atom stereocenters. The number of hydrogen-bond acceptors (Lipinski definition) is 4. The normalized spacial score (nSPS) is 19.1. The average Bonchev–Trinajstić information content (AvgIpc) is 2.58. The highest BCUT2D eigenvalue weighted by molar-refractivity contribution is 5.98. The van der Waals surface area contributed by atoms with Crippen LogP contribution in [0.5, 0.6) is 5.75 Å². The fourth-order valence-corrected chi connectivity index (χ4v) is 1.40. The Morgan fingerprint density at radius 2 is 2.00 bits per heavy atom. The predicted octanol–water partition coefficient (Wildman–Crippen LogP) is 1.20. The van der Waals surface area contributed by atoms with E-state index in [2.05, 4.69) is 9.73 Å². The molecule has 5 nitrogen and oxygen atoms in total. The second-order valence-corrected chi connectivity index (χ2v) is 3.23. The number of amides is 1. The number of rotatable bonds is 3. The molecule has 0 spiro atoms. The second kappa shape index (κ2) is 4.36. The van der Waals surface area contributed by atoms with Crippen LogP contribution in [0.1, 0.15) is 11.7 Å². The van der Waals surface area contributed by atoms with Crippen LogP contribution in [-0.2, 0) is 9.53 Å². The first-order chi connectivity index (χ1) is 8.06. The van der Waals surface area contributed by atoms with Crippen molar-refractivity contribution in [3.63, 3.8) is 0 Å². The molecule has 1 aliphatic rings. The predicted molar refractivity (Wildman–Crippen MR) is 53.5 cm³/mol. The number of benzene rings is 1. The van der Waals surface area contributed by atoms with Crippen LogP contribution in [0.3, 0.4) is 0 Å². The topological polar surface area (TPSA) is 73.9 Å². The molecule has 0 bridgehead atoms. The molecular formula is C10H8F2N2O3. The van der Waals surface area contributed by atoms with Gasteiger partial charge in [-0.25, -0.2) is 0 Å². The SMILES string of the molecule is NC1=NC(=O)C(c2ccc(OC(F)F)cc2)O1. The molecule has 1 amide bonds. The van der Waals surface area contributed by atoms with Gasteiger partial charge in [0, 0.05) is 5.56 Å². The first-order valence-corrected chi connectivity index (χ1v) is 4.65. The lowest BCUT2D eigenvalue weighted by Gasteiger charge is -2.09. The smallest absolute Gasteiger partial charge is 0.387 e. The number of amidine groups is 1. The lowest BCUT2D eigenvalue weighted by Crippen LogP contribution is -2.14. The van der Waals surface area contributed by atoms with Crippen molar-refractivity contribution in [1.29, 1.82) is 0 Å². The zero-order chi connectivity index (χ0) is 12.4. The van der Waals surface area contributed by atoms with E-state index in [9.17, 15) is 13.6 Å². The molecule has 0 saturated heterocycles. The van der Waals surface area contributed by atoms with Gasteiger partial charge in [-0.1, -0.05) is 12.1 Å². The van der Waals surface area contributed by atoms with Crippen LogP contribution < -0.4 is 10.5 Å². The number of alkyl halides is 2. The summed E-state index contributed by atoms with van der Waals surface area (Å²) in [7, 11) is 0. The number of hydrogen-bond donors (Lipinski definition) is 1. The van der Waals surface area contributed by atoms with Crippen LogP contribution in [0.2, 0.25) is 0 Å². The molecule has 1 aliphatic heterocycles. The van der Waals surface area contributed by atoms with Gasteiger partial charge in [-0.05, 0) is 12.1 Å². The molecule has 0 aromatic heterocycles. The summed E-state index contributed by atoms with van der Waals surface area (Å²) >= 11 is 0. The van der Waals surface area contributed by atoms with Crippen molar-refractivity contribution in [2.45, 2.75) is 12.7 Å². The van der Waals surface area contributed by atoms with Gasteiger partial charge in [0.1, 0.15) is 5.75 Å². The number of nitrogens with zero attached hydrogens (tertiary/aromatic N) is 1. The number of nitrogens with two attached hydrogens (primary N) is 1. The third-order valence-electron chi connectivity index (χ3n) is 2.09. The van der Waals surface area contributed by atoms with E-state index in [-0.39, 0.29) is 11.8 Å². The fraction of sp³-hybridized carbons (Fsp3) is 0.200. The van der Waals surface area contributed by atoms with Gasteiger partial charge in [0.15, 0.2) is 0 Å². The highest BCUT2D eigenvalue weighted by atomic mass is 19.3. The molecule has 1 heterocycles. The van der Waals surface area contributed by atoms with Crippen molar-refractivity contribution in [1.82, 2.24) is 0 Å². The molecule has 1 unspecified atom stereocenters. The van der Waals surface area contributed by atoms with Crippen LogP contribution >= 0.6 is 0 Å². The van der Waals surface area contributed by atoms with Crippen molar-refractivity contribution in [3.8, 4) is 5.75 Å². The standard InChI is InChI=1S/C10H8F2N2O3/c11-9(12)16-6-3-1-5(2-4-6)7-8(15)14-10(13)17-7/h1-4,7,9H,(H2,13,14,15). The van der Waals surface area contributed by atoms with Crippen molar-refractivity contribution in [3.05, 3.63) is 29.8 Å². The van der Waals surface area contributed by atoms with Gasteiger partial charge in [-0.15, -0.1) is 0 Å². The third-order valence-corrected chi connectivity index (χ3v) is 2.09. The average molecular weight is 242 g/mol. The Kier molecular flexibility index (Phi) is 2.90. The first-order valence-electron chi connectivity index (χ1n) is 4.65. The minimum atomic E-state index is -2.89. The Hall–Kier alpha value is -2.18. The van der Waals surface area contributed by atoms with Crippen molar-refractivity contribution in [2.75, 3.05) is 0 Å². The molecule has 90 valence electrons. The van der Waals surface area contributed by atoms with Gasteiger partial charge in [-0.3, -0.25) is 4.79 Å². The molecule has 17 heavy (non-hydrogen) atoms. The zero-order valence-corrected chi connectivity index (χ0v) is 8.47. The van der Waals surface area contributed by atoms with Crippen molar-refractivity contribution >= 4 is 11.9 Å². The number of carbonyl (C=O) groups excluding carboxylic acids is 1. The number of ether oxygens (including phenoxy) is 2. The maximum atomic E-state index is 11.9. The van der Waals surface area contributed by atoms with E-state index in [4.69, 9.17) is 10.5 Å². The van der Waals surface area contributed by atoms with E-state index in [1.165, 1.54) is 24.3 Å². The number of carbonyl (C=O) groups is 1. The zero-order valence-electron chi connectivity index (χ0n) is 8.47. The van der Waals surface area contributed by atoms with Gasteiger partial charge in [-0.2, -0.15) is 13.8 Å². The molecule has 7 heteroatoms. The largest absolute Gasteiger partial charge is 0.447 e. The third kappa shape index (κ3) is 2.49. The van der Waals surface area contributed by atoms with E-state index in [1.807, 2.05) is 0 Å². The summed E-state index contributed by atoms with van der Waals surface area (Å²) in [6.07, 6.45) is -0.907. The Balaban J connectivity index is 2.11. The van der Waals surface area contributed by atoms with Crippen LogP contribution in [0, 0.1) is 0 Å². The minimum Gasteiger partial charge on any atom is -0.447 e. The van der Waals surface area contributed by atoms with E-state index >= 15 is 0 Å². The van der Waals surface area contributed by atoms with Gasteiger partial charge in [0.05, 0.1) is 0 Å². The summed E-state index contributed by atoms with van der Waals surface area (Å²) in [5.74, 6) is -0.520. The summed E-state index contributed by atoms with van der Waals surface area (Å²) < 4.78 is 32.9. The highest BCUT2D eigenvalue weighted by Gasteiger charge is 2.29. The molecule has 2 N–H and O–H groups in total. The van der Waals surface area contributed by atoms with Crippen LogP contribution in [0.25, 0.3) is 0 Å². The van der Waals surface area contributed by atoms with Crippen LogP contribution in [-0.4, -0.2) is 18.5 Å². The molecule has 1 aromatic rings. The Morgan fingerprint density at radius 1 is 1.35 bits per heavy atom. The maximum Gasteiger partial charge on any atom is 0.387 e. The maximum absolute atomic E-state index is 11.9. The van der Waals surface area contributed by atoms with E-state index in [0.29, 0.717) is 5.56 Å². The summed E-state index contributed by atoms with van der Waals surface area (Å²) in [5, 5.41) is 0. The van der Waals surface area contributed by atoms with Crippen LogP contribution in [0.4, 0.5) is 8.78 Å². The fourth-order valence-electron chi connectivity index (χ4n) is 1.40. The second-order valence-electron chi connectivity index (χ2n) is 3.23. The molecule has 2 rings (SSSR count). The molecular weight excluding hydrogens is 234 g/mol. The summed E-state index contributed by atoms with van der Waals surface area (Å²) in [6.45, 7) is -2.89. The number of aliphatic imine (C=N–C) groups is 1.